The molecule has 0 spiro atoms. The van der Waals surface area contributed by atoms with Crippen molar-refractivity contribution < 1.29 is 27.5 Å². The average Bonchev–Trinajstić information content (AvgIpc) is 2.99. The molecule has 1 aromatic heterocycles. The Bertz CT molecular complexity index is 839. The first-order valence-electron chi connectivity index (χ1n) is 8.51. The number of carbonyl (C=O) groups is 2. The third-order valence-electron chi connectivity index (χ3n) is 4.18. The third-order valence-corrected chi connectivity index (χ3v) is 4.18. The topological polar surface area (TPSA) is 51.5 Å². The maximum absolute atomic E-state index is 12.8. The fourth-order valence-corrected chi connectivity index (χ4v) is 2.97. The van der Waals surface area contributed by atoms with Crippen molar-refractivity contribution in [3.8, 4) is 0 Å². The molecular weight excluding hydrogens is 361 g/mol. The predicted molar refractivity (Wildman–Crippen MR) is 95.0 cm³/mol. The lowest BCUT2D eigenvalue weighted by molar-refractivity contribution is -0.137. The Morgan fingerprint density at radius 3 is 2.22 bits per heavy atom. The highest BCUT2D eigenvalue weighted by molar-refractivity contribution is 6.12. The number of anilines is 1. The number of benzene rings is 1. The van der Waals surface area contributed by atoms with Gasteiger partial charge in [0.1, 0.15) is 5.69 Å². The number of hydrogen-bond donors (Lipinski definition) is 0. The highest BCUT2D eigenvalue weighted by Crippen LogP contribution is 2.32. The van der Waals surface area contributed by atoms with Crippen molar-refractivity contribution in [2.24, 2.45) is 0 Å². The third kappa shape index (κ3) is 3.84. The zero-order valence-corrected chi connectivity index (χ0v) is 15.6. The van der Waals surface area contributed by atoms with Crippen LogP contribution in [-0.4, -0.2) is 30.1 Å². The molecule has 0 saturated heterocycles. The van der Waals surface area contributed by atoms with Crippen LogP contribution in [0.1, 0.15) is 45.8 Å². The molecule has 2 heterocycles. The number of hydrogen-bond acceptors (Lipinski definition) is 3. The van der Waals surface area contributed by atoms with E-state index >= 15 is 0 Å². The molecule has 3 rings (SSSR count). The highest BCUT2D eigenvalue weighted by atomic mass is 19.4. The van der Waals surface area contributed by atoms with Gasteiger partial charge in [0.15, 0.2) is 0 Å². The van der Waals surface area contributed by atoms with Gasteiger partial charge < -0.3 is 14.2 Å². The lowest BCUT2D eigenvalue weighted by Gasteiger charge is -2.29. The van der Waals surface area contributed by atoms with Crippen LogP contribution >= 0.6 is 0 Å². The van der Waals surface area contributed by atoms with Gasteiger partial charge in [-0.2, -0.15) is 13.2 Å². The summed E-state index contributed by atoms with van der Waals surface area (Å²) >= 11 is 0. The summed E-state index contributed by atoms with van der Waals surface area (Å²) in [7, 11) is 1.23. The summed E-state index contributed by atoms with van der Waals surface area (Å²) in [6.07, 6.45) is -2.74. The lowest BCUT2D eigenvalue weighted by Crippen LogP contribution is -2.41. The fraction of sp³-hybridized carbons (Fsp3) is 0.368. The molecule has 146 valence electrons. The number of rotatable bonds is 2. The van der Waals surface area contributed by atoms with Gasteiger partial charge in [-0.25, -0.2) is 4.79 Å². The molecule has 0 atom stereocenters. The van der Waals surface area contributed by atoms with E-state index in [1.165, 1.54) is 24.1 Å². The van der Waals surface area contributed by atoms with E-state index in [1.807, 2.05) is 13.8 Å². The van der Waals surface area contributed by atoms with Crippen LogP contribution in [0.4, 0.5) is 18.9 Å². The number of amides is 1. The number of alkyl halides is 3. The van der Waals surface area contributed by atoms with E-state index in [-0.39, 0.29) is 11.3 Å². The van der Waals surface area contributed by atoms with E-state index in [9.17, 15) is 22.8 Å². The summed E-state index contributed by atoms with van der Waals surface area (Å²) in [4.78, 5) is 26.2. The minimum Gasteiger partial charge on any atom is -0.465 e. The molecule has 8 heteroatoms. The smallest absolute Gasteiger partial charge is 0.416 e. The Balaban J connectivity index is 0.00000126. The molecule has 0 bridgehead atoms. The minimum atomic E-state index is -4.44. The maximum Gasteiger partial charge on any atom is 0.416 e. The molecular formula is C19H21F3N2O3. The van der Waals surface area contributed by atoms with Gasteiger partial charge in [-0.15, -0.1) is 0 Å². The summed E-state index contributed by atoms with van der Waals surface area (Å²) < 4.78 is 44.5. The van der Waals surface area contributed by atoms with Crippen LogP contribution in [0.25, 0.3) is 0 Å². The average molecular weight is 382 g/mol. The summed E-state index contributed by atoms with van der Waals surface area (Å²) in [5.74, 6) is -1.06. The minimum absolute atomic E-state index is 0.184. The van der Waals surface area contributed by atoms with Gasteiger partial charge in [0.05, 0.1) is 18.2 Å². The van der Waals surface area contributed by atoms with Gasteiger partial charge in [0.2, 0.25) is 0 Å². The number of nitrogens with zero attached hydrogens (tertiary/aromatic N) is 2. The zero-order valence-electron chi connectivity index (χ0n) is 15.6. The Morgan fingerprint density at radius 1 is 1.11 bits per heavy atom. The molecule has 0 radical (unpaired) electrons. The second-order valence-electron chi connectivity index (χ2n) is 5.72. The van der Waals surface area contributed by atoms with Crippen LogP contribution in [0.2, 0.25) is 0 Å². The van der Waals surface area contributed by atoms with Gasteiger partial charge in [0.25, 0.3) is 5.91 Å². The van der Waals surface area contributed by atoms with E-state index in [0.29, 0.717) is 24.3 Å². The maximum atomic E-state index is 12.8. The van der Waals surface area contributed by atoms with Crippen molar-refractivity contribution in [2.75, 3.05) is 18.6 Å². The largest absolute Gasteiger partial charge is 0.465 e. The molecule has 27 heavy (non-hydrogen) atoms. The van der Waals surface area contributed by atoms with Crippen molar-refractivity contribution in [3.05, 3.63) is 52.8 Å². The van der Waals surface area contributed by atoms with Gasteiger partial charge >= 0.3 is 12.1 Å². The molecule has 1 aromatic carbocycles. The molecule has 1 aliphatic heterocycles. The van der Waals surface area contributed by atoms with Gasteiger partial charge in [-0.3, -0.25) is 4.79 Å². The summed E-state index contributed by atoms with van der Waals surface area (Å²) in [5, 5.41) is 0. The molecule has 0 aliphatic carbocycles. The molecule has 2 aromatic rings. The van der Waals surface area contributed by atoms with Gasteiger partial charge in [0, 0.05) is 25.0 Å². The van der Waals surface area contributed by atoms with Crippen LogP contribution in [0.5, 0.6) is 0 Å². The van der Waals surface area contributed by atoms with Crippen molar-refractivity contribution in [1.29, 1.82) is 0 Å². The Hall–Kier alpha value is -2.77. The van der Waals surface area contributed by atoms with Crippen LogP contribution < -0.4 is 4.90 Å². The SMILES string of the molecule is CC.COC(=O)c1c(C)cn2c1C(=O)N(c1ccc(C(F)(F)F)cc1)CC2. The molecule has 0 unspecified atom stereocenters. The summed E-state index contributed by atoms with van der Waals surface area (Å²) in [6.45, 7) is 6.43. The molecule has 1 amide bonds. The van der Waals surface area contributed by atoms with E-state index < -0.39 is 23.6 Å². The predicted octanol–water partition coefficient (Wildman–Crippen LogP) is 4.29. The van der Waals surface area contributed by atoms with Crippen molar-refractivity contribution in [1.82, 2.24) is 4.57 Å². The second kappa shape index (κ2) is 7.85. The number of methoxy groups -OCH3 is 1. The molecule has 0 N–H and O–H groups in total. The number of aryl methyl sites for hydroxylation is 1. The van der Waals surface area contributed by atoms with E-state index in [2.05, 4.69) is 0 Å². The standard InChI is InChI=1S/C17H15F3N2O3.C2H6/c1-10-9-21-7-8-22(15(23)14(21)13(10)16(24)25-2)12-5-3-11(4-6-12)17(18,19)20;1-2/h3-6,9H,7-8H2,1-2H3;1-2H3. The number of esters is 1. The molecule has 0 saturated carbocycles. The first kappa shape index (κ1) is 20.5. The quantitative estimate of drug-likeness (QED) is 0.728. The highest BCUT2D eigenvalue weighted by Gasteiger charge is 2.34. The normalized spacial score (nSPS) is 13.6. The van der Waals surface area contributed by atoms with Gasteiger partial charge in [-0.05, 0) is 36.8 Å². The number of fused-ring (bicyclic) bond motifs is 1. The number of aromatic nitrogens is 1. The van der Waals surface area contributed by atoms with Gasteiger partial charge in [-0.1, -0.05) is 13.8 Å². The first-order valence-corrected chi connectivity index (χ1v) is 8.51. The van der Waals surface area contributed by atoms with E-state index in [4.69, 9.17) is 4.74 Å². The monoisotopic (exact) mass is 382 g/mol. The number of ether oxygens (including phenoxy) is 1. The van der Waals surface area contributed by atoms with E-state index in [1.54, 1.807) is 17.7 Å². The van der Waals surface area contributed by atoms with Crippen LogP contribution in [0.15, 0.2) is 30.5 Å². The van der Waals surface area contributed by atoms with Crippen LogP contribution in [-0.2, 0) is 17.5 Å². The number of halogens is 3. The molecule has 0 fully saturated rings. The summed E-state index contributed by atoms with van der Waals surface area (Å²) in [6, 6.07) is 4.37. The molecule has 1 aliphatic rings. The second-order valence-corrected chi connectivity index (χ2v) is 5.72. The molecule has 5 nitrogen and oxygen atoms in total. The van der Waals surface area contributed by atoms with Crippen LogP contribution in [0.3, 0.4) is 0 Å². The Labute approximate surface area is 155 Å². The van der Waals surface area contributed by atoms with Crippen molar-refractivity contribution in [3.63, 3.8) is 0 Å². The Morgan fingerprint density at radius 2 is 1.70 bits per heavy atom. The van der Waals surface area contributed by atoms with E-state index in [0.717, 1.165) is 12.1 Å². The fourth-order valence-electron chi connectivity index (χ4n) is 2.97. The summed E-state index contributed by atoms with van der Waals surface area (Å²) in [5.41, 5.74) is 0.554. The van der Waals surface area contributed by atoms with Crippen LogP contribution in [0, 0.1) is 6.92 Å². The van der Waals surface area contributed by atoms with Crippen molar-refractivity contribution >= 4 is 17.6 Å². The number of carbonyl (C=O) groups excluding carboxylic acids is 2. The zero-order chi connectivity index (χ0) is 20.4. The Kier molecular flexibility index (Phi) is 5.98. The van der Waals surface area contributed by atoms with Crippen molar-refractivity contribution in [2.45, 2.75) is 33.5 Å². The first-order chi connectivity index (χ1) is 12.7. The lowest BCUT2D eigenvalue weighted by atomic mass is 10.1.